The highest BCUT2D eigenvalue weighted by atomic mass is 35.5. The molecule has 1 aliphatic heterocycles. The van der Waals surface area contributed by atoms with Crippen molar-refractivity contribution in [2.45, 2.75) is 33.1 Å². The Bertz CT molecular complexity index is 1080. The number of halogens is 2. The highest BCUT2D eigenvalue weighted by molar-refractivity contribution is 6.31. The van der Waals surface area contributed by atoms with Crippen molar-refractivity contribution in [3.63, 3.8) is 0 Å². The molecular formula is C24H23ClFNO3. The summed E-state index contributed by atoms with van der Waals surface area (Å²) in [6.07, 6.45) is 1.66. The van der Waals surface area contributed by atoms with Crippen LogP contribution in [-0.4, -0.2) is 19.0 Å². The van der Waals surface area contributed by atoms with Crippen LogP contribution in [0.25, 0.3) is 6.08 Å². The summed E-state index contributed by atoms with van der Waals surface area (Å²) in [5.41, 5.74) is 3.08. The van der Waals surface area contributed by atoms with E-state index in [1.807, 2.05) is 24.3 Å². The molecule has 0 atom stereocenters. The summed E-state index contributed by atoms with van der Waals surface area (Å²) >= 11 is 5.90. The van der Waals surface area contributed by atoms with Gasteiger partial charge < -0.3 is 4.74 Å². The molecule has 1 amide bonds. The fraction of sp³-hybridized carbons (Fsp3) is 0.250. The number of nitrogens with zero attached hydrogens (tertiary/aromatic N) is 1. The van der Waals surface area contributed by atoms with Crippen LogP contribution in [0.5, 0.6) is 0 Å². The number of hydrogen-bond acceptors (Lipinski definition) is 3. The summed E-state index contributed by atoms with van der Waals surface area (Å²) in [4.78, 5) is 27.1. The molecule has 0 N–H and O–H groups in total. The summed E-state index contributed by atoms with van der Waals surface area (Å²) in [6, 6.07) is 11.8. The highest BCUT2D eigenvalue weighted by Crippen LogP contribution is 2.36. The van der Waals surface area contributed by atoms with Gasteiger partial charge in [-0.3, -0.25) is 9.69 Å². The number of hydrogen-bond donors (Lipinski definition) is 0. The number of anilines is 1. The zero-order valence-corrected chi connectivity index (χ0v) is 18.3. The molecule has 2 aromatic carbocycles. The number of carbonyl (C=O) groups is 2. The largest absolute Gasteiger partial charge is 0.465 e. The lowest BCUT2D eigenvalue weighted by molar-refractivity contribution is -0.136. The summed E-state index contributed by atoms with van der Waals surface area (Å²) in [6.45, 7) is 8.00. The predicted molar refractivity (Wildman–Crippen MR) is 117 cm³/mol. The monoisotopic (exact) mass is 427 g/mol. The molecule has 1 aliphatic rings. The van der Waals surface area contributed by atoms with Crippen LogP contribution in [-0.2, 0) is 19.7 Å². The van der Waals surface area contributed by atoms with Crippen LogP contribution in [0, 0.1) is 5.82 Å². The number of amides is 1. The lowest BCUT2D eigenvalue weighted by Gasteiger charge is -2.19. The first-order chi connectivity index (χ1) is 14.0. The van der Waals surface area contributed by atoms with Crippen molar-refractivity contribution in [1.29, 1.82) is 0 Å². The normalized spacial score (nSPS) is 15.9. The molecule has 0 saturated heterocycles. The number of allylic oxidation sites excluding steroid dienone is 1. The van der Waals surface area contributed by atoms with Gasteiger partial charge in [0.1, 0.15) is 5.82 Å². The molecule has 4 nitrogen and oxygen atoms in total. The lowest BCUT2D eigenvalue weighted by atomic mass is 9.86. The third kappa shape index (κ3) is 4.03. The lowest BCUT2D eigenvalue weighted by Crippen LogP contribution is -2.24. The van der Waals surface area contributed by atoms with Crippen molar-refractivity contribution in [1.82, 2.24) is 0 Å². The van der Waals surface area contributed by atoms with E-state index in [4.69, 9.17) is 16.3 Å². The van der Waals surface area contributed by atoms with Gasteiger partial charge in [-0.05, 0) is 47.7 Å². The van der Waals surface area contributed by atoms with Gasteiger partial charge in [0.05, 0.1) is 29.0 Å². The second-order valence-electron chi connectivity index (χ2n) is 8.12. The van der Waals surface area contributed by atoms with Gasteiger partial charge >= 0.3 is 5.97 Å². The van der Waals surface area contributed by atoms with E-state index in [9.17, 15) is 14.0 Å². The molecule has 0 unspecified atom stereocenters. The predicted octanol–water partition coefficient (Wildman–Crippen LogP) is 5.65. The second kappa shape index (κ2) is 8.07. The Kier molecular flexibility index (Phi) is 5.86. The van der Waals surface area contributed by atoms with Gasteiger partial charge in [0, 0.05) is 5.70 Å². The minimum Gasteiger partial charge on any atom is -0.465 e. The van der Waals surface area contributed by atoms with Gasteiger partial charge in [0.15, 0.2) is 0 Å². The van der Waals surface area contributed by atoms with E-state index in [2.05, 4.69) is 20.8 Å². The Labute approximate surface area is 180 Å². The van der Waals surface area contributed by atoms with Crippen molar-refractivity contribution in [2.75, 3.05) is 12.0 Å². The summed E-state index contributed by atoms with van der Waals surface area (Å²) < 4.78 is 18.5. The molecule has 30 heavy (non-hydrogen) atoms. The Morgan fingerprint density at radius 1 is 1.13 bits per heavy atom. The molecule has 1 heterocycles. The van der Waals surface area contributed by atoms with Crippen LogP contribution >= 0.6 is 11.6 Å². The highest BCUT2D eigenvalue weighted by Gasteiger charge is 2.38. The Hall–Kier alpha value is -2.92. The molecule has 0 radical (unpaired) electrons. The molecule has 0 aromatic heterocycles. The van der Waals surface area contributed by atoms with E-state index in [0.717, 1.165) is 11.1 Å². The minimum atomic E-state index is -0.617. The Balaban J connectivity index is 2.09. The first-order valence-electron chi connectivity index (χ1n) is 9.46. The molecule has 0 aliphatic carbocycles. The molecule has 3 rings (SSSR count). The van der Waals surface area contributed by atoms with E-state index >= 15 is 0 Å². The topological polar surface area (TPSA) is 46.6 Å². The van der Waals surface area contributed by atoms with Gasteiger partial charge in [-0.15, -0.1) is 0 Å². The maximum atomic E-state index is 13.6. The molecule has 6 heteroatoms. The number of esters is 1. The molecule has 0 fully saturated rings. The van der Waals surface area contributed by atoms with Gasteiger partial charge in [-0.25, -0.2) is 9.18 Å². The maximum Gasteiger partial charge on any atom is 0.340 e. The van der Waals surface area contributed by atoms with E-state index in [1.54, 1.807) is 13.0 Å². The van der Waals surface area contributed by atoms with Crippen LogP contribution < -0.4 is 4.90 Å². The van der Waals surface area contributed by atoms with E-state index in [-0.39, 0.29) is 21.6 Å². The zero-order valence-electron chi connectivity index (χ0n) is 17.5. The summed E-state index contributed by atoms with van der Waals surface area (Å²) in [5.74, 6) is -1.61. The Morgan fingerprint density at radius 3 is 2.30 bits per heavy atom. The van der Waals surface area contributed by atoms with Crippen molar-refractivity contribution in [3.8, 4) is 0 Å². The standard InChI is InChI=1S/C24H23ClFNO3/c1-14-21(23(29)30-5)18(12-15-6-8-16(9-7-15)24(2,3)4)22(28)27(14)17-10-11-20(26)19(25)13-17/h6-13H,1-5H3/b18-12-. The smallest absolute Gasteiger partial charge is 0.340 e. The van der Waals surface area contributed by atoms with Crippen molar-refractivity contribution in [3.05, 3.63) is 81.3 Å². The second-order valence-corrected chi connectivity index (χ2v) is 8.53. The molecule has 2 aromatic rings. The zero-order chi connectivity index (χ0) is 22.2. The van der Waals surface area contributed by atoms with Gasteiger partial charge in [-0.2, -0.15) is 0 Å². The van der Waals surface area contributed by atoms with Gasteiger partial charge in [0.25, 0.3) is 5.91 Å². The molecule has 0 spiro atoms. The fourth-order valence-corrected chi connectivity index (χ4v) is 3.54. The first kappa shape index (κ1) is 21.8. The molecule has 0 bridgehead atoms. The average Bonchev–Trinajstić information content (AvgIpc) is 2.93. The van der Waals surface area contributed by atoms with Gasteiger partial charge in [-0.1, -0.05) is 56.6 Å². The van der Waals surface area contributed by atoms with Crippen molar-refractivity contribution >= 4 is 35.2 Å². The first-order valence-corrected chi connectivity index (χ1v) is 9.83. The van der Waals surface area contributed by atoms with Crippen molar-refractivity contribution in [2.24, 2.45) is 0 Å². The van der Waals surface area contributed by atoms with Crippen molar-refractivity contribution < 1.29 is 18.7 Å². The number of rotatable bonds is 3. The van der Waals surface area contributed by atoms with Crippen LogP contribution in [0.2, 0.25) is 5.02 Å². The third-order valence-corrected chi connectivity index (χ3v) is 5.33. The fourth-order valence-electron chi connectivity index (χ4n) is 3.36. The molecule has 0 saturated carbocycles. The van der Waals surface area contributed by atoms with E-state index in [0.29, 0.717) is 11.4 Å². The number of ether oxygens (including phenoxy) is 1. The van der Waals surface area contributed by atoms with Crippen LogP contribution in [0.1, 0.15) is 38.8 Å². The van der Waals surface area contributed by atoms with Crippen LogP contribution in [0.15, 0.2) is 59.3 Å². The number of carbonyl (C=O) groups excluding carboxylic acids is 2. The quantitative estimate of drug-likeness (QED) is 0.469. The number of benzene rings is 2. The molecular weight excluding hydrogens is 405 g/mol. The van der Waals surface area contributed by atoms with Crippen LogP contribution in [0.3, 0.4) is 0 Å². The van der Waals surface area contributed by atoms with Gasteiger partial charge in [0.2, 0.25) is 0 Å². The SMILES string of the molecule is COC(=O)C1=C(C)N(c2ccc(F)c(Cl)c2)C(=O)/C1=C\c1ccc(C(C)(C)C)cc1. The molecule has 156 valence electrons. The number of methoxy groups -OCH3 is 1. The van der Waals surface area contributed by atoms with E-state index < -0.39 is 17.7 Å². The summed E-state index contributed by atoms with van der Waals surface area (Å²) in [5, 5.41) is -0.108. The minimum absolute atomic E-state index is 0.00116. The van der Waals surface area contributed by atoms with Crippen LogP contribution in [0.4, 0.5) is 10.1 Å². The maximum absolute atomic E-state index is 13.6. The Morgan fingerprint density at radius 2 is 1.77 bits per heavy atom. The summed E-state index contributed by atoms with van der Waals surface area (Å²) in [7, 11) is 1.26. The van der Waals surface area contributed by atoms with E-state index in [1.165, 1.54) is 30.2 Å². The average molecular weight is 428 g/mol. The third-order valence-electron chi connectivity index (χ3n) is 5.04.